The van der Waals surface area contributed by atoms with Gasteiger partial charge in [0.15, 0.2) is 0 Å². The molecule has 0 aliphatic rings. The molecule has 0 fully saturated rings. The lowest BCUT2D eigenvalue weighted by Gasteiger charge is -2.14. The Morgan fingerprint density at radius 2 is 1.90 bits per heavy atom. The van der Waals surface area contributed by atoms with Crippen LogP contribution >= 0.6 is 11.3 Å². The van der Waals surface area contributed by atoms with Gasteiger partial charge < -0.3 is 5.32 Å². The van der Waals surface area contributed by atoms with Gasteiger partial charge in [0.25, 0.3) is 0 Å². The zero-order chi connectivity index (χ0) is 15.9. The zero-order valence-corrected chi connectivity index (χ0v) is 15.1. The van der Waals surface area contributed by atoms with E-state index in [-0.39, 0.29) is 6.04 Å². The van der Waals surface area contributed by atoms with Crippen molar-refractivity contribution in [3.05, 3.63) is 17.0 Å². The smallest absolute Gasteiger partial charge is 0.250 e. The van der Waals surface area contributed by atoms with Crippen molar-refractivity contribution in [2.75, 3.05) is 6.54 Å². The van der Waals surface area contributed by atoms with Crippen LogP contribution in [0.3, 0.4) is 0 Å². The van der Waals surface area contributed by atoms with Crippen molar-refractivity contribution in [3.8, 4) is 0 Å². The van der Waals surface area contributed by atoms with Crippen molar-refractivity contribution in [1.29, 1.82) is 0 Å². The standard InChI is InChI=1S/C15H28N2O2S2/c1-5-10-16-11-14-8-9-15(20-14)21(18,19)17-13(4)7-6-12(2)3/h8-9,12-13,16-17H,5-7,10-11H2,1-4H3. The molecule has 21 heavy (non-hydrogen) atoms. The summed E-state index contributed by atoms with van der Waals surface area (Å²) in [6.45, 7) is 10.0. The summed E-state index contributed by atoms with van der Waals surface area (Å²) in [5.74, 6) is 0.593. The second-order valence-electron chi connectivity index (χ2n) is 5.89. The first kappa shape index (κ1) is 18.6. The van der Waals surface area contributed by atoms with Crippen LogP contribution < -0.4 is 10.0 Å². The van der Waals surface area contributed by atoms with Crippen LogP contribution in [0.5, 0.6) is 0 Å². The minimum Gasteiger partial charge on any atom is -0.312 e. The highest BCUT2D eigenvalue weighted by molar-refractivity contribution is 7.91. The molecule has 0 amide bonds. The predicted octanol–water partition coefficient (Wildman–Crippen LogP) is 3.35. The van der Waals surface area contributed by atoms with E-state index in [1.54, 1.807) is 6.07 Å². The van der Waals surface area contributed by atoms with E-state index in [1.807, 2.05) is 13.0 Å². The van der Waals surface area contributed by atoms with Gasteiger partial charge in [-0.1, -0.05) is 20.8 Å². The Balaban J connectivity index is 2.57. The van der Waals surface area contributed by atoms with Gasteiger partial charge in [0.05, 0.1) is 0 Å². The van der Waals surface area contributed by atoms with Gasteiger partial charge in [-0.3, -0.25) is 0 Å². The van der Waals surface area contributed by atoms with Crippen LogP contribution in [0.2, 0.25) is 0 Å². The number of thiophene rings is 1. The Kier molecular flexibility index (Phi) is 7.87. The fourth-order valence-electron chi connectivity index (χ4n) is 1.95. The normalized spacial score (nSPS) is 13.8. The van der Waals surface area contributed by atoms with Crippen LogP contribution in [0.1, 0.15) is 51.8 Å². The Hall–Kier alpha value is -0.430. The minimum atomic E-state index is -3.38. The predicted molar refractivity (Wildman–Crippen MR) is 90.2 cm³/mol. The Bertz CT molecular complexity index is 509. The van der Waals surface area contributed by atoms with Gasteiger partial charge in [-0.05, 0) is 50.8 Å². The summed E-state index contributed by atoms with van der Waals surface area (Å²) >= 11 is 1.34. The molecule has 0 aliphatic heterocycles. The Morgan fingerprint density at radius 3 is 2.52 bits per heavy atom. The molecule has 0 aliphatic carbocycles. The van der Waals surface area contributed by atoms with Gasteiger partial charge in [-0.15, -0.1) is 11.3 Å². The van der Waals surface area contributed by atoms with Gasteiger partial charge in [-0.2, -0.15) is 0 Å². The molecule has 0 bridgehead atoms. The van der Waals surface area contributed by atoms with Crippen molar-refractivity contribution in [1.82, 2.24) is 10.0 Å². The highest BCUT2D eigenvalue weighted by Crippen LogP contribution is 2.22. The van der Waals surface area contributed by atoms with E-state index < -0.39 is 10.0 Å². The van der Waals surface area contributed by atoms with Gasteiger partial charge in [-0.25, -0.2) is 13.1 Å². The fraction of sp³-hybridized carbons (Fsp3) is 0.733. The zero-order valence-electron chi connectivity index (χ0n) is 13.5. The van der Waals surface area contributed by atoms with Crippen molar-refractivity contribution < 1.29 is 8.42 Å². The summed E-state index contributed by atoms with van der Waals surface area (Å²) < 4.78 is 27.8. The van der Waals surface area contributed by atoms with Crippen LogP contribution in [0.4, 0.5) is 0 Å². The highest BCUT2D eigenvalue weighted by atomic mass is 32.2. The van der Waals surface area contributed by atoms with E-state index in [4.69, 9.17) is 0 Å². The van der Waals surface area contributed by atoms with Crippen molar-refractivity contribution in [3.63, 3.8) is 0 Å². The van der Waals surface area contributed by atoms with E-state index in [2.05, 4.69) is 30.8 Å². The molecule has 0 aromatic carbocycles. The van der Waals surface area contributed by atoms with E-state index in [1.165, 1.54) is 11.3 Å². The molecular weight excluding hydrogens is 304 g/mol. The van der Waals surface area contributed by atoms with E-state index in [0.717, 1.165) is 37.2 Å². The SMILES string of the molecule is CCCNCc1ccc(S(=O)(=O)NC(C)CCC(C)C)s1. The largest absolute Gasteiger partial charge is 0.312 e. The topological polar surface area (TPSA) is 58.2 Å². The molecule has 0 saturated carbocycles. The maximum absolute atomic E-state index is 12.3. The average molecular weight is 333 g/mol. The summed E-state index contributed by atoms with van der Waals surface area (Å²) in [5.41, 5.74) is 0. The third-order valence-corrected chi connectivity index (χ3v) is 6.33. The lowest BCUT2D eigenvalue weighted by molar-refractivity contribution is 0.486. The molecule has 1 atom stereocenters. The molecule has 2 N–H and O–H groups in total. The molecule has 122 valence electrons. The molecule has 0 radical (unpaired) electrons. The summed E-state index contributed by atoms with van der Waals surface area (Å²) in [5, 5.41) is 3.28. The molecular formula is C15H28N2O2S2. The number of rotatable bonds is 10. The third kappa shape index (κ3) is 6.91. The first-order valence-corrected chi connectivity index (χ1v) is 9.97. The lowest BCUT2D eigenvalue weighted by Crippen LogP contribution is -2.32. The first-order valence-electron chi connectivity index (χ1n) is 7.67. The van der Waals surface area contributed by atoms with Crippen molar-refractivity contribution in [2.45, 2.75) is 63.8 Å². The summed E-state index contributed by atoms with van der Waals surface area (Å²) in [6, 6.07) is 3.56. The monoisotopic (exact) mass is 332 g/mol. The van der Waals surface area contributed by atoms with E-state index in [0.29, 0.717) is 10.1 Å². The average Bonchev–Trinajstić information content (AvgIpc) is 2.86. The molecule has 1 aromatic rings. The summed E-state index contributed by atoms with van der Waals surface area (Å²) in [6.07, 6.45) is 2.97. The van der Waals surface area contributed by atoms with Crippen LogP contribution in [0.15, 0.2) is 16.3 Å². The minimum absolute atomic E-state index is 0.0267. The second kappa shape index (κ2) is 8.88. The van der Waals surface area contributed by atoms with Gasteiger partial charge >= 0.3 is 0 Å². The molecule has 6 heteroatoms. The molecule has 4 nitrogen and oxygen atoms in total. The lowest BCUT2D eigenvalue weighted by atomic mass is 10.1. The van der Waals surface area contributed by atoms with Crippen LogP contribution in [-0.2, 0) is 16.6 Å². The summed E-state index contributed by atoms with van der Waals surface area (Å²) in [7, 11) is -3.38. The Labute approximate surface area is 133 Å². The fourth-order valence-corrected chi connectivity index (χ4v) is 4.57. The molecule has 1 aromatic heterocycles. The molecule has 0 spiro atoms. The number of hydrogen-bond acceptors (Lipinski definition) is 4. The third-order valence-electron chi connectivity index (χ3n) is 3.16. The van der Waals surface area contributed by atoms with Crippen LogP contribution in [0.25, 0.3) is 0 Å². The molecule has 1 rings (SSSR count). The Morgan fingerprint density at radius 1 is 1.19 bits per heavy atom. The number of nitrogens with one attached hydrogen (secondary N) is 2. The van der Waals surface area contributed by atoms with Crippen molar-refractivity contribution in [2.24, 2.45) is 5.92 Å². The molecule has 0 saturated heterocycles. The van der Waals surface area contributed by atoms with E-state index >= 15 is 0 Å². The van der Waals surface area contributed by atoms with Gasteiger partial charge in [0, 0.05) is 17.5 Å². The highest BCUT2D eigenvalue weighted by Gasteiger charge is 2.19. The maximum atomic E-state index is 12.3. The van der Waals surface area contributed by atoms with Gasteiger partial charge in [0.1, 0.15) is 4.21 Å². The molecule has 1 heterocycles. The number of sulfonamides is 1. The van der Waals surface area contributed by atoms with Gasteiger partial charge in [0.2, 0.25) is 10.0 Å². The second-order valence-corrected chi connectivity index (χ2v) is 9.00. The van der Waals surface area contributed by atoms with Crippen LogP contribution in [0, 0.1) is 5.92 Å². The summed E-state index contributed by atoms with van der Waals surface area (Å²) in [4.78, 5) is 1.05. The van der Waals surface area contributed by atoms with Crippen molar-refractivity contribution >= 4 is 21.4 Å². The van der Waals surface area contributed by atoms with Crippen LogP contribution in [-0.4, -0.2) is 21.0 Å². The number of hydrogen-bond donors (Lipinski definition) is 2. The quantitative estimate of drug-likeness (QED) is 0.646. The maximum Gasteiger partial charge on any atom is 0.250 e. The van der Waals surface area contributed by atoms with E-state index in [9.17, 15) is 8.42 Å². The molecule has 1 unspecified atom stereocenters. The first-order chi connectivity index (χ1) is 9.85.